The highest BCUT2D eigenvalue weighted by atomic mass is 16.1. The minimum absolute atomic E-state index is 0.0161. The van der Waals surface area contributed by atoms with Gasteiger partial charge < -0.3 is 5.73 Å². The fraction of sp³-hybridized carbons (Fsp3) is 0.609. The number of hydrogen-bond acceptors (Lipinski definition) is 3. The molecule has 1 fully saturated rings. The number of carbonyl (C=O) groups excluding carboxylic acids is 2. The van der Waals surface area contributed by atoms with Gasteiger partial charge in [0.1, 0.15) is 11.6 Å². The Morgan fingerprint density at radius 3 is 2.43 bits per heavy atom. The maximum Gasteiger partial charge on any atom is 0.139 e. The van der Waals surface area contributed by atoms with E-state index in [0.29, 0.717) is 31.1 Å². The lowest BCUT2D eigenvalue weighted by atomic mass is 9.76. The molecule has 0 heterocycles. The number of carbonyl (C=O) groups is 2. The molecule has 0 aromatic heterocycles. The van der Waals surface area contributed by atoms with E-state index in [1.165, 1.54) is 24.0 Å². The van der Waals surface area contributed by atoms with Gasteiger partial charge in [0.05, 0.1) is 0 Å². The highest BCUT2D eigenvalue weighted by molar-refractivity contribution is 5.89. The second kappa shape index (κ2) is 23.5. The van der Waals surface area contributed by atoms with E-state index in [1.807, 2.05) is 13.0 Å². The molecule has 3 nitrogen and oxygen atoms in total. The van der Waals surface area contributed by atoms with Crippen molar-refractivity contribution in [2.75, 3.05) is 0 Å². The fourth-order valence-corrected chi connectivity index (χ4v) is 7.14. The van der Waals surface area contributed by atoms with Gasteiger partial charge >= 0.3 is 0 Å². The first kappa shape index (κ1) is 42.2. The molecule has 2 aliphatic carbocycles. The Labute approximate surface area is 301 Å². The first-order chi connectivity index (χ1) is 23.5. The van der Waals surface area contributed by atoms with E-state index in [9.17, 15) is 9.59 Å². The lowest BCUT2D eigenvalue weighted by molar-refractivity contribution is -0.131. The number of nitrogens with two attached hydrogens (primary N) is 1. The van der Waals surface area contributed by atoms with Crippen LogP contribution in [0.4, 0.5) is 0 Å². The Bertz CT molecular complexity index is 1250. The van der Waals surface area contributed by atoms with Crippen LogP contribution in [0.25, 0.3) is 0 Å². The molecule has 0 saturated heterocycles. The smallest absolute Gasteiger partial charge is 0.139 e. The molecule has 0 spiro atoms. The second-order valence-corrected chi connectivity index (χ2v) is 15.5. The Balaban J connectivity index is 2.15. The molecule has 3 heteroatoms. The first-order valence-electron chi connectivity index (χ1n) is 19.6. The number of Topliss-reactive ketones (excluding diaryl/α,β-unsaturated/α-hetero) is 2. The van der Waals surface area contributed by atoms with E-state index in [1.54, 1.807) is 0 Å². The summed E-state index contributed by atoms with van der Waals surface area (Å²) in [6, 6.07) is 0. The van der Waals surface area contributed by atoms with Gasteiger partial charge in [-0.05, 0) is 140 Å². The van der Waals surface area contributed by atoms with E-state index in [0.717, 1.165) is 75.8 Å². The van der Waals surface area contributed by atoms with E-state index in [4.69, 9.17) is 5.73 Å². The van der Waals surface area contributed by atoms with Crippen LogP contribution < -0.4 is 5.73 Å². The standard InChI is InChI=1S/C46H71NO2/c1-8-11-12-16-23-37(5)28-29-39(38-30-31-38)33-41(34-43(47)10-3)45(49)40(24-18-15-17-22-36(4)9-2)35-44(48)27-21-32-46(6,7)42-25-19-13-14-20-26-42/h8-11,13-14,16-17,19,22-23,25-26,37-41H,12,15,18,20-21,24,27-35,47H2,1-7H3/b11-8-,22-17-,23-16?,36-9-,43-10-. The Morgan fingerprint density at radius 1 is 0.959 bits per heavy atom. The van der Waals surface area contributed by atoms with Gasteiger partial charge in [-0.25, -0.2) is 0 Å². The highest BCUT2D eigenvalue weighted by Gasteiger charge is 2.36. The highest BCUT2D eigenvalue weighted by Crippen LogP contribution is 2.44. The van der Waals surface area contributed by atoms with Gasteiger partial charge in [0.25, 0.3) is 0 Å². The van der Waals surface area contributed by atoms with Crippen LogP contribution in [0.15, 0.2) is 95.8 Å². The van der Waals surface area contributed by atoms with Crippen molar-refractivity contribution < 1.29 is 9.59 Å². The van der Waals surface area contributed by atoms with Gasteiger partial charge in [-0.1, -0.05) is 105 Å². The predicted octanol–water partition coefficient (Wildman–Crippen LogP) is 12.7. The minimum atomic E-state index is -0.238. The lowest BCUT2D eigenvalue weighted by Crippen LogP contribution is -2.29. The molecule has 4 unspecified atom stereocenters. The van der Waals surface area contributed by atoms with Crippen LogP contribution >= 0.6 is 0 Å². The number of allylic oxidation sites excluding steroid dienone is 16. The van der Waals surface area contributed by atoms with Crippen molar-refractivity contribution in [1.82, 2.24) is 0 Å². The zero-order valence-corrected chi connectivity index (χ0v) is 32.4. The number of unbranched alkanes of at least 4 members (excludes halogenated alkanes) is 1. The van der Waals surface area contributed by atoms with Crippen molar-refractivity contribution in [3.8, 4) is 0 Å². The third-order valence-electron chi connectivity index (χ3n) is 10.8. The summed E-state index contributed by atoms with van der Waals surface area (Å²) < 4.78 is 0. The van der Waals surface area contributed by atoms with E-state index in [2.05, 4.69) is 114 Å². The zero-order valence-electron chi connectivity index (χ0n) is 32.4. The fourth-order valence-electron chi connectivity index (χ4n) is 7.14. The van der Waals surface area contributed by atoms with Crippen LogP contribution in [0.2, 0.25) is 0 Å². The summed E-state index contributed by atoms with van der Waals surface area (Å²) in [5, 5.41) is 0. The van der Waals surface area contributed by atoms with Gasteiger partial charge in [0.15, 0.2) is 0 Å². The SMILES string of the molecule is C/C=C\CC=CC(C)CCC(CC(C/C(N)=C/C)C(=O)C(CCC/C=C\C(C)=C/C)CC(=O)CCCC(C)(C)C1=CCC=CC=C1)C1CC1. The number of rotatable bonds is 25. The van der Waals surface area contributed by atoms with Crippen LogP contribution in [-0.2, 0) is 9.59 Å². The van der Waals surface area contributed by atoms with Gasteiger partial charge in [0.2, 0.25) is 0 Å². The quantitative estimate of drug-likeness (QED) is 0.0598. The van der Waals surface area contributed by atoms with E-state index >= 15 is 0 Å². The molecule has 0 bridgehead atoms. The maximum atomic E-state index is 14.5. The Morgan fingerprint density at radius 2 is 1.73 bits per heavy atom. The molecule has 1 saturated carbocycles. The van der Waals surface area contributed by atoms with Crippen LogP contribution in [0.5, 0.6) is 0 Å². The molecule has 0 radical (unpaired) electrons. The Hall–Kier alpha value is -2.94. The molecule has 2 aliphatic rings. The molecule has 0 aliphatic heterocycles. The average Bonchev–Trinajstić information content (AvgIpc) is 3.95. The van der Waals surface area contributed by atoms with Crippen molar-refractivity contribution in [2.45, 2.75) is 145 Å². The summed E-state index contributed by atoms with van der Waals surface area (Å²) in [6.45, 7) is 15.1. The molecule has 0 aromatic rings. The molecule has 4 atom stereocenters. The third-order valence-corrected chi connectivity index (χ3v) is 10.8. The monoisotopic (exact) mass is 670 g/mol. The topological polar surface area (TPSA) is 60.2 Å². The average molecular weight is 670 g/mol. The summed E-state index contributed by atoms with van der Waals surface area (Å²) in [7, 11) is 0. The molecule has 0 amide bonds. The molecular weight excluding hydrogens is 599 g/mol. The molecular formula is C46H71NO2. The summed E-state index contributed by atoms with van der Waals surface area (Å²) in [5.74, 6) is 1.94. The molecule has 272 valence electrons. The summed E-state index contributed by atoms with van der Waals surface area (Å²) in [4.78, 5) is 28.1. The first-order valence-corrected chi connectivity index (χ1v) is 19.6. The number of hydrogen-bond donors (Lipinski definition) is 1. The molecule has 49 heavy (non-hydrogen) atoms. The van der Waals surface area contributed by atoms with Crippen LogP contribution in [0, 0.1) is 35.0 Å². The van der Waals surface area contributed by atoms with Crippen molar-refractivity contribution in [2.24, 2.45) is 40.7 Å². The van der Waals surface area contributed by atoms with Crippen molar-refractivity contribution in [3.05, 3.63) is 95.8 Å². The van der Waals surface area contributed by atoms with Crippen molar-refractivity contribution >= 4 is 11.6 Å². The van der Waals surface area contributed by atoms with Gasteiger partial charge in [-0.15, -0.1) is 0 Å². The summed E-state index contributed by atoms with van der Waals surface area (Å²) in [5.41, 5.74) is 9.83. The molecule has 2 rings (SSSR count). The van der Waals surface area contributed by atoms with Crippen LogP contribution in [0.3, 0.4) is 0 Å². The van der Waals surface area contributed by atoms with Crippen LogP contribution in [0.1, 0.15) is 145 Å². The van der Waals surface area contributed by atoms with Gasteiger partial charge in [-0.3, -0.25) is 9.59 Å². The van der Waals surface area contributed by atoms with Gasteiger partial charge in [0, 0.05) is 30.4 Å². The predicted molar refractivity (Wildman–Crippen MR) is 213 cm³/mol. The molecule has 2 N–H and O–H groups in total. The Kier molecular flexibility index (Phi) is 20.2. The number of ketones is 2. The summed E-state index contributed by atoms with van der Waals surface area (Å²) in [6.07, 6.45) is 41.8. The minimum Gasteiger partial charge on any atom is -0.402 e. The zero-order chi connectivity index (χ0) is 36.1. The van der Waals surface area contributed by atoms with E-state index < -0.39 is 0 Å². The van der Waals surface area contributed by atoms with Crippen molar-refractivity contribution in [1.29, 1.82) is 0 Å². The van der Waals surface area contributed by atoms with Crippen LogP contribution in [-0.4, -0.2) is 11.6 Å². The molecule has 0 aromatic carbocycles. The second-order valence-electron chi connectivity index (χ2n) is 15.5. The summed E-state index contributed by atoms with van der Waals surface area (Å²) >= 11 is 0. The normalized spacial score (nSPS) is 18.6. The maximum absolute atomic E-state index is 14.5. The van der Waals surface area contributed by atoms with Crippen molar-refractivity contribution in [3.63, 3.8) is 0 Å². The van der Waals surface area contributed by atoms with E-state index in [-0.39, 0.29) is 28.8 Å². The van der Waals surface area contributed by atoms with Gasteiger partial charge in [-0.2, -0.15) is 0 Å². The largest absolute Gasteiger partial charge is 0.402 e. The lowest BCUT2D eigenvalue weighted by Gasteiger charge is -2.28. The third kappa shape index (κ3) is 17.5.